The van der Waals surface area contributed by atoms with Crippen molar-refractivity contribution < 1.29 is 14.6 Å². The molecule has 0 aliphatic heterocycles. The van der Waals surface area contributed by atoms with Crippen molar-refractivity contribution in [3.63, 3.8) is 0 Å². The number of esters is 1. The van der Waals surface area contributed by atoms with E-state index in [4.69, 9.17) is 4.74 Å². The topological polar surface area (TPSA) is 46.5 Å². The molecular formula is C21H26O3. The van der Waals surface area contributed by atoms with Gasteiger partial charge in [0.2, 0.25) is 0 Å². The first kappa shape index (κ1) is 15.9. The van der Waals surface area contributed by atoms with Crippen molar-refractivity contribution in [1.29, 1.82) is 0 Å². The molecule has 1 aromatic carbocycles. The van der Waals surface area contributed by atoms with Crippen LogP contribution in [-0.4, -0.2) is 17.2 Å². The van der Waals surface area contributed by atoms with Gasteiger partial charge in [-0.05, 0) is 84.1 Å². The number of aliphatic hydroxyl groups excluding tert-OH is 1. The van der Waals surface area contributed by atoms with E-state index in [1.807, 2.05) is 12.1 Å². The lowest BCUT2D eigenvalue weighted by molar-refractivity contribution is -0.131. The number of aliphatic hydroxyl groups is 1. The molecule has 0 aromatic heterocycles. The Morgan fingerprint density at radius 1 is 1.38 bits per heavy atom. The van der Waals surface area contributed by atoms with Crippen LogP contribution in [0.3, 0.4) is 0 Å². The lowest BCUT2D eigenvalue weighted by Gasteiger charge is -2.49. The van der Waals surface area contributed by atoms with Gasteiger partial charge in [0.25, 0.3) is 0 Å². The molecule has 4 rings (SSSR count). The first-order valence-electron chi connectivity index (χ1n) is 9.08. The quantitative estimate of drug-likeness (QED) is 0.482. The van der Waals surface area contributed by atoms with E-state index in [1.165, 1.54) is 18.1 Å². The van der Waals surface area contributed by atoms with Crippen LogP contribution in [-0.2, 0) is 11.2 Å². The first-order chi connectivity index (χ1) is 11.4. The molecule has 128 valence electrons. The molecule has 3 heteroatoms. The van der Waals surface area contributed by atoms with Gasteiger partial charge >= 0.3 is 5.97 Å². The van der Waals surface area contributed by atoms with Gasteiger partial charge in [-0.1, -0.05) is 19.6 Å². The summed E-state index contributed by atoms with van der Waals surface area (Å²) in [6, 6.07) is 6.13. The molecule has 3 aliphatic carbocycles. The van der Waals surface area contributed by atoms with Gasteiger partial charge in [0.1, 0.15) is 5.75 Å². The van der Waals surface area contributed by atoms with Crippen LogP contribution in [0.2, 0.25) is 0 Å². The Morgan fingerprint density at radius 3 is 2.92 bits per heavy atom. The Balaban J connectivity index is 1.65. The van der Waals surface area contributed by atoms with E-state index in [1.54, 1.807) is 0 Å². The average molecular weight is 326 g/mol. The second-order valence-electron chi connectivity index (χ2n) is 8.10. The number of ether oxygens (including phenoxy) is 1. The number of benzene rings is 1. The Kier molecular flexibility index (Phi) is 3.61. The molecule has 0 amide bonds. The van der Waals surface area contributed by atoms with Gasteiger partial charge in [-0.2, -0.15) is 0 Å². The van der Waals surface area contributed by atoms with E-state index in [9.17, 15) is 9.90 Å². The van der Waals surface area contributed by atoms with E-state index < -0.39 is 0 Å². The van der Waals surface area contributed by atoms with E-state index >= 15 is 0 Å². The Morgan fingerprint density at radius 2 is 2.17 bits per heavy atom. The van der Waals surface area contributed by atoms with Crippen LogP contribution in [0.25, 0.3) is 0 Å². The molecule has 1 aromatic rings. The van der Waals surface area contributed by atoms with Crippen molar-refractivity contribution in [3.05, 3.63) is 41.5 Å². The van der Waals surface area contributed by atoms with Crippen LogP contribution in [0.5, 0.6) is 5.75 Å². The number of carbonyl (C=O) groups excluding carboxylic acids is 1. The lowest BCUT2D eigenvalue weighted by Crippen LogP contribution is -2.40. The number of rotatable bonds is 1. The van der Waals surface area contributed by atoms with Gasteiger partial charge in [-0.25, -0.2) is 0 Å². The molecule has 2 saturated carbocycles. The highest BCUT2D eigenvalue weighted by atomic mass is 16.5. The Labute approximate surface area is 143 Å². The molecule has 0 unspecified atom stereocenters. The molecule has 3 nitrogen and oxygen atoms in total. The molecule has 1 N–H and O–H groups in total. The third-order valence-corrected chi connectivity index (χ3v) is 6.96. The summed E-state index contributed by atoms with van der Waals surface area (Å²) in [5, 5.41) is 10.4. The fourth-order valence-electron chi connectivity index (χ4n) is 5.71. The summed E-state index contributed by atoms with van der Waals surface area (Å²) >= 11 is 0. The van der Waals surface area contributed by atoms with Gasteiger partial charge in [-0.15, -0.1) is 0 Å². The van der Waals surface area contributed by atoms with Crippen molar-refractivity contribution in [1.82, 2.24) is 0 Å². The zero-order valence-corrected chi connectivity index (χ0v) is 14.5. The summed E-state index contributed by atoms with van der Waals surface area (Å²) < 4.78 is 5.25. The maximum absolute atomic E-state index is 11.2. The summed E-state index contributed by atoms with van der Waals surface area (Å²) in [4.78, 5) is 11.2. The highest BCUT2D eigenvalue weighted by Crippen LogP contribution is 2.62. The lowest BCUT2D eigenvalue weighted by atomic mass is 9.55. The maximum Gasteiger partial charge on any atom is 0.308 e. The summed E-state index contributed by atoms with van der Waals surface area (Å²) in [7, 11) is 0. The van der Waals surface area contributed by atoms with Crippen molar-refractivity contribution in [2.45, 2.75) is 58.0 Å². The van der Waals surface area contributed by atoms with Gasteiger partial charge in [-0.3, -0.25) is 4.79 Å². The Hall–Kier alpha value is -1.61. The van der Waals surface area contributed by atoms with Gasteiger partial charge in [0.15, 0.2) is 0 Å². The van der Waals surface area contributed by atoms with Crippen LogP contribution < -0.4 is 4.74 Å². The SMILES string of the molecule is C=C1[C@H](O)C[C@H]2[C@@H]3CCc4cc(OC(C)=O)ccc4[C@H]3CC[C@]12C. The fraction of sp³-hybridized carbons (Fsp3) is 0.571. The number of fused-ring (bicyclic) bond motifs is 5. The molecule has 3 aliphatic rings. The molecule has 5 atom stereocenters. The molecule has 0 bridgehead atoms. The molecule has 0 radical (unpaired) electrons. The molecule has 0 saturated heterocycles. The van der Waals surface area contributed by atoms with Gasteiger partial charge < -0.3 is 9.84 Å². The third kappa shape index (κ3) is 2.25. The second-order valence-corrected chi connectivity index (χ2v) is 8.10. The van der Waals surface area contributed by atoms with E-state index in [0.717, 1.165) is 37.7 Å². The molecule has 24 heavy (non-hydrogen) atoms. The molecule has 0 heterocycles. The smallest absolute Gasteiger partial charge is 0.308 e. The third-order valence-electron chi connectivity index (χ3n) is 6.96. The summed E-state index contributed by atoms with van der Waals surface area (Å²) in [6.07, 6.45) is 4.99. The Bertz CT molecular complexity index is 707. The number of hydrogen-bond acceptors (Lipinski definition) is 3. The van der Waals surface area contributed by atoms with Gasteiger partial charge in [0.05, 0.1) is 6.10 Å². The van der Waals surface area contributed by atoms with Gasteiger partial charge in [0, 0.05) is 6.92 Å². The highest BCUT2D eigenvalue weighted by Gasteiger charge is 2.54. The maximum atomic E-state index is 11.2. The zero-order chi connectivity index (χ0) is 17.1. The predicted octanol–water partition coefficient (Wildman–Crippen LogP) is 4.00. The zero-order valence-electron chi connectivity index (χ0n) is 14.5. The number of carbonyl (C=O) groups is 1. The standard InChI is InChI=1S/C21H26O3/c1-12-20(23)11-19-18-6-4-14-10-15(24-13(2)22)5-7-16(14)17(18)8-9-21(12,19)3/h5,7,10,17-20,23H,1,4,6,8-9,11H2,2-3H3/t17-,18-,19+,20-,21-/m1/s1. The first-order valence-corrected chi connectivity index (χ1v) is 9.08. The van der Waals surface area contributed by atoms with Crippen LogP contribution in [0.4, 0.5) is 0 Å². The summed E-state index contributed by atoms with van der Waals surface area (Å²) in [5.41, 5.74) is 3.92. The minimum atomic E-state index is -0.327. The van der Waals surface area contributed by atoms with E-state index in [2.05, 4.69) is 19.6 Å². The molecule has 0 spiro atoms. The van der Waals surface area contributed by atoms with Crippen molar-refractivity contribution >= 4 is 5.97 Å². The van der Waals surface area contributed by atoms with Crippen LogP contribution in [0.1, 0.15) is 56.6 Å². The number of hydrogen-bond donors (Lipinski definition) is 1. The van der Waals surface area contributed by atoms with Crippen molar-refractivity contribution in [2.24, 2.45) is 17.3 Å². The minimum absolute atomic E-state index is 0.107. The minimum Gasteiger partial charge on any atom is -0.427 e. The van der Waals surface area contributed by atoms with Crippen LogP contribution >= 0.6 is 0 Å². The van der Waals surface area contributed by atoms with Crippen molar-refractivity contribution in [3.8, 4) is 5.75 Å². The van der Waals surface area contributed by atoms with E-state index in [0.29, 0.717) is 23.5 Å². The van der Waals surface area contributed by atoms with E-state index in [-0.39, 0.29) is 17.5 Å². The predicted molar refractivity (Wildman–Crippen MR) is 92.9 cm³/mol. The monoisotopic (exact) mass is 326 g/mol. The normalized spacial score (nSPS) is 37.4. The summed E-state index contributed by atoms with van der Waals surface area (Å²) in [6.45, 7) is 7.97. The largest absolute Gasteiger partial charge is 0.427 e. The second kappa shape index (κ2) is 5.45. The van der Waals surface area contributed by atoms with Crippen LogP contribution in [0.15, 0.2) is 30.4 Å². The fourth-order valence-corrected chi connectivity index (χ4v) is 5.71. The molecular weight excluding hydrogens is 300 g/mol. The highest BCUT2D eigenvalue weighted by molar-refractivity contribution is 5.69. The molecule has 2 fully saturated rings. The van der Waals surface area contributed by atoms with Crippen molar-refractivity contribution in [2.75, 3.05) is 0 Å². The van der Waals surface area contributed by atoms with Crippen LogP contribution in [0, 0.1) is 17.3 Å². The number of aryl methyl sites for hydroxylation is 1. The average Bonchev–Trinajstić information content (AvgIpc) is 2.77. The summed E-state index contributed by atoms with van der Waals surface area (Å²) in [5.74, 6) is 2.13.